The molecule has 2 fully saturated rings. The molecule has 2 aliphatic rings. The Balaban J connectivity index is 1.84. The van der Waals surface area contributed by atoms with Crippen molar-refractivity contribution in [1.82, 2.24) is 10.2 Å². The molecule has 0 unspecified atom stereocenters. The summed E-state index contributed by atoms with van der Waals surface area (Å²) in [6, 6.07) is 1.82. The lowest BCUT2D eigenvalue weighted by Crippen LogP contribution is -2.48. The van der Waals surface area contributed by atoms with Gasteiger partial charge in [0.2, 0.25) is 5.91 Å². The third kappa shape index (κ3) is 5.10. The lowest BCUT2D eigenvalue weighted by molar-refractivity contribution is -0.121. The Labute approximate surface area is 143 Å². The number of hydrogen-bond donors (Lipinski definition) is 1. The van der Waals surface area contributed by atoms with Crippen molar-refractivity contribution in [3.05, 3.63) is 0 Å². The number of amides is 2. The van der Waals surface area contributed by atoms with Gasteiger partial charge >= 0.3 is 6.09 Å². The molecule has 7 heteroatoms. The number of nitrogens with one attached hydrogen (secondary N) is 1. The first kappa shape index (κ1) is 18.5. The topological polar surface area (TPSA) is 91.7 Å². The average Bonchev–Trinajstić information content (AvgIpc) is 2.94. The maximum atomic E-state index is 12.1. The van der Waals surface area contributed by atoms with E-state index in [0.717, 1.165) is 19.3 Å². The summed E-state index contributed by atoms with van der Waals surface area (Å²) in [5.41, 5.74) is -0.487. The van der Waals surface area contributed by atoms with E-state index in [2.05, 4.69) is 5.32 Å². The van der Waals surface area contributed by atoms with E-state index in [1.807, 2.05) is 26.8 Å². The highest BCUT2D eigenvalue weighted by Crippen LogP contribution is 2.30. The maximum Gasteiger partial charge on any atom is 0.410 e. The second-order valence-electron chi connectivity index (χ2n) is 7.44. The Kier molecular flexibility index (Phi) is 6.05. The summed E-state index contributed by atoms with van der Waals surface area (Å²) in [6.07, 6.45) is 2.00. The highest BCUT2D eigenvalue weighted by molar-refractivity contribution is 5.78. The first-order chi connectivity index (χ1) is 11.3. The van der Waals surface area contributed by atoms with E-state index in [4.69, 9.17) is 14.7 Å². The van der Waals surface area contributed by atoms with Crippen LogP contribution in [0.1, 0.15) is 46.5 Å². The molecule has 0 aromatic heterocycles. The average molecular weight is 337 g/mol. The van der Waals surface area contributed by atoms with Crippen LogP contribution in [-0.2, 0) is 14.3 Å². The summed E-state index contributed by atoms with van der Waals surface area (Å²) in [7, 11) is 0. The van der Waals surface area contributed by atoms with Gasteiger partial charge in [-0.1, -0.05) is 0 Å². The van der Waals surface area contributed by atoms with E-state index in [9.17, 15) is 9.59 Å². The van der Waals surface area contributed by atoms with Gasteiger partial charge in [-0.15, -0.1) is 0 Å². The number of ether oxygens (including phenoxy) is 2. The van der Waals surface area contributed by atoms with E-state index in [1.165, 1.54) is 0 Å². The number of piperidine rings is 1. The zero-order valence-electron chi connectivity index (χ0n) is 14.7. The molecular formula is C17H27N3O4. The van der Waals surface area contributed by atoms with Crippen LogP contribution in [-0.4, -0.2) is 54.3 Å². The quantitative estimate of drug-likeness (QED) is 0.848. The van der Waals surface area contributed by atoms with Gasteiger partial charge in [0, 0.05) is 19.7 Å². The van der Waals surface area contributed by atoms with Crippen molar-refractivity contribution in [3.8, 4) is 6.07 Å². The minimum atomic E-state index is -0.487. The third-order valence-electron chi connectivity index (χ3n) is 4.38. The van der Waals surface area contributed by atoms with Crippen LogP contribution in [0.25, 0.3) is 0 Å². The fraction of sp³-hybridized carbons (Fsp3) is 0.824. The number of hydrogen-bond acceptors (Lipinski definition) is 5. The van der Waals surface area contributed by atoms with Gasteiger partial charge in [0.1, 0.15) is 12.0 Å². The number of nitrogens with zero attached hydrogens (tertiary/aromatic N) is 2. The number of nitriles is 1. The molecule has 0 aliphatic carbocycles. The zero-order valence-corrected chi connectivity index (χ0v) is 14.7. The Bertz CT molecular complexity index is 501. The molecule has 2 atom stereocenters. The van der Waals surface area contributed by atoms with Gasteiger partial charge in [0.05, 0.1) is 18.2 Å². The molecular weight excluding hydrogens is 310 g/mol. The van der Waals surface area contributed by atoms with Gasteiger partial charge in [-0.25, -0.2) is 4.79 Å². The van der Waals surface area contributed by atoms with Gasteiger partial charge < -0.3 is 19.7 Å². The normalized spacial score (nSPS) is 25.2. The van der Waals surface area contributed by atoms with Crippen LogP contribution in [0, 0.1) is 17.2 Å². The smallest absolute Gasteiger partial charge is 0.410 e. The van der Waals surface area contributed by atoms with Gasteiger partial charge in [0.15, 0.2) is 0 Å². The SMILES string of the molecule is CC(C)(C)OC(=O)N1CCC([C@H]2OCC[C@@H]2NC(=O)CC#N)CC1. The van der Waals surface area contributed by atoms with Crippen LogP contribution >= 0.6 is 0 Å². The molecule has 1 N–H and O–H groups in total. The van der Waals surface area contributed by atoms with E-state index < -0.39 is 5.60 Å². The molecule has 2 heterocycles. The molecule has 24 heavy (non-hydrogen) atoms. The van der Waals surface area contributed by atoms with Crippen LogP contribution in [0.5, 0.6) is 0 Å². The number of carbonyl (C=O) groups is 2. The lowest BCUT2D eigenvalue weighted by atomic mass is 9.87. The first-order valence-corrected chi connectivity index (χ1v) is 8.56. The van der Waals surface area contributed by atoms with Crippen LogP contribution in [0.2, 0.25) is 0 Å². The summed E-state index contributed by atoms with van der Waals surface area (Å²) >= 11 is 0. The number of likely N-dealkylation sites (tertiary alicyclic amines) is 1. The highest BCUT2D eigenvalue weighted by atomic mass is 16.6. The zero-order chi connectivity index (χ0) is 17.7. The highest BCUT2D eigenvalue weighted by Gasteiger charge is 2.38. The summed E-state index contributed by atoms with van der Waals surface area (Å²) in [4.78, 5) is 25.5. The van der Waals surface area contributed by atoms with Crippen molar-refractivity contribution in [2.24, 2.45) is 5.92 Å². The molecule has 0 aromatic rings. The Morgan fingerprint density at radius 3 is 2.54 bits per heavy atom. The molecule has 2 aliphatic heterocycles. The summed E-state index contributed by atoms with van der Waals surface area (Å²) in [5.74, 6) is 0.0581. The summed E-state index contributed by atoms with van der Waals surface area (Å²) in [6.45, 7) is 7.47. The van der Waals surface area contributed by atoms with Crippen LogP contribution < -0.4 is 5.32 Å². The Morgan fingerprint density at radius 1 is 1.29 bits per heavy atom. The van der Waals surface area contributed by atoms with Crippen LogP contribution in [0.4, 0.5) is 4.79 Å². The van der Waals surface area contributed by atoms with Gasteiger partial charge in [-0.3, -0.25) is 4.79 Å². The first-order valence-electron chi connectivity index (χ1n) is 8.56. The Morgan fingerprint density at radius 2 is 1.96 bits per heavy atom. The van der Waals surface area contributed by atoms with Gasteiger partial charge in [-0.05, 0) is 46.0 Å². The van der Waals surface area contributed by atoms with E-state index in [1.54, 1.807) is 4.90 Å². The van der Waals surface area contributed by atoms with E-state index in [0.29, 0.717) is 25.6 Å². The minimum Gasteiger partial charge on any atom is -0.444 e. The summed E-state index contributed by atoms with van der Waals surface area (Å²) in [5, 5.41) is 11.5. The fourth-order valence-electron chi connectivity index (χ4n) is 3.30. The van der Waals surface area contributed by atoms with Gasteiger partial charge in [-0.2, -0.15) is 5.26 Å². The number of rotatable bonds is 3. The van der Waals surface area contributed by atoms with Crippen molar-refractivity contribution in [2.45, 2.75) is 64.2 Å². The lowest BCUT2D eigenvalue weighted by Gasteiger charge is -2.36. The second kappa shape index (κ2) is 7.84. The van der Waals surface area contributed by atoms with Crippen molar-refractivity contribution < 1.29 is 19.1 Å². The molecule has 7 nitrogen and oxygen atoms in total. The predicted molar refractivity (Wildman–Crippen MR) is 87.0 cm³/mol. The molecule has 2 rings (SSSR count). The van der Waals surface area contributed by atoms with Crippen LogP contribution in [0.3, 0.4) is 0 Å². The molecule has 0 spiro atoms. The summed E-state index contributed by atoms with van der Waals surface area (Å²) < 4.78 is 11.2. The van der Waals surface area contributed by atoms with Crippen molar-refractivity contribution >= 4 is 12.0 Å². The monoisotopic (exact) mass is 337 g/mol. The molecule has 134 valence electrons. The van der Waals surface area contributed by atoms with E-state index >= 15 is 0 Å². The van der Waals surface area contributed by atoms with Crippen molar-refractivity contribution in [1.29, 1.82) is 5.26 Å². The minimum absolute atomic E-state index is 0.0339. The molecule has 0 saturated carbocycles. The fourth-order valence-corrected chi connectivity index (χ4v) is 3.30. The Hall–Kier alpha value is -1.81. The van der Waals surface area contributed by atoms with Crippen molar-refractivity contribution in [3.63, 3.8) is 0 Å². The molecule has 0 bridgehead atoms. The predicted octanol–water partition coefficient (Wildman–Crippen LogP) is 1.82. The molecule has 0 radical (unpaired) electrons. The van der Waals surface area contributed by atoms with E-state index in [-0.39, 0.29) is 30.6 Å². The van der Waals surface area contributed by atoms with Crippen molar-refractivity contribution in [2.75, 3.05) is 19.7 Å². The molecule has 0 aromatic carbocycles. The second-order valence-corrected chi connectivity index (χ2v) is 7.44. The maximum absolute atomic E-state index is 12.1. The number of carbonyl (C=O) groups excluding carboxylic acids is 2. The molecule has 2 saturated heterocycles. The van der Waals surface area contributed by atoms with Crippen LogP contribution in [0.15, 0.2) is 0 Å². The molecule has 2 amide bonds. The third-order valence-corrected chi connectivity index (χ3v) is 4.38. The standard InChI is InChI=1S/C17H27N3O4/c1-17(2,3)24-16(22)20-9-5-12(6-10-20)15-13(7-11-23-15)19-14(21)4-8-18/h12-13,15H,4-7,9-11H2,1-3H3,(H,19,21)/t13-,15+/m0/s1. The van der Waals surface area contributed by atoms with Gasteiger partial charge in [0.25, 0.3) is 0 Å². The largest absolute Gasteiger partial charge is 0.444 e.